The zero-order valence-electron chi connectivity index (χ0n) is 12.5. The molecule has 0 saturated carbocycles. The van der Waals surface area contributed by atoms with Crippen LogP contribution in [-0.4, -0.2) is 12.1 Å². The minimum Gasteiger partial charge on any atom is -0.496 e. The lowest BCUT2D eigenvalue weighted by atomic mass is 10.0. The van der Waals surface area contributed by atoms with Gasteiger partial charge < -0.3 is 10.1 Å². The number of nitrogens with one attached hydrogen (secondary N) is 1. The lowest BCUT2D eigenvalue weighted by Crippen LogP contribution is -2.02. The lowest BCUT2D eigenvalue weighted by Gasteiger charge is -2.17. The SMILES string of the molecule is COc1cc(C)c(Nc2cc(C)c(Br)cn2)c(C)c1C. The van der Waals surface area contributed by atoms with Gasteiger partial charge >= 0.3 is 0 Å². The fourth-order valence-electron chi connectivity index (χ4n) is 2.19. The first-order chi connectivity index (χ1) is 9.43. The van der Waals surface area contributed by atoms with Gasteiger partial charge in [0.1, 0.15) is 11.6 Å². The molecule has 1 heterocycles. The number of aryl methyl sites for hydroxylation is 2. The van der Waals surface area contributed by atoms with Crippen LogP contribution in [0.15, 0.2) is 22.8 Å². The zero-order chi connectivity index (χ0) is 14.9. The number of rotatable bonds is 3. The van der Waals surface area contributed by atoms with Gasteiger partial charge in [-0.25, -0.2) is 4.98 Å². The molecule has 3 nitrogen and oxygen atoms in total. The Morgan fingerprint density at radius 2 is 1.75 bits per heavy atom. The van der Waals surface area contributed by atoms with Gasteiger partial charge in [-0.2, -0.15) is 0 Å². The van der Waals surface area contributed by atoms with Crippen molar-refractivity contribution < 1.29 is 4.74 Å². The average molecular weight is 335 g/mol. The van der Waals surface area contributed by atoms with Crippen LogP contribution < -0.4 is 10.1 Å². The molecule has 0 aliphatic carbocycles. The zero-order valence-corrected chi connectivity index (χ0v) is 14.1. The van der Waals surface area contributed by atoms with Gasteiger partial charge in [-0.05, 0) is 78.0 Å². The monoisotopic (exact) mass is 334 g/mol. The van der Waals surface area contributed by atoms with Gasteiger partial charge in [-0.1, -0.05) is 0 Å². The highest BCUT2D eigenvalue weighted by Crippen LogP contribution is 2.33. The van der Waals surface area contributed by atoms with Crippen molar-refractivity contribution in [3.63, 3.8) is 0 Å². The van der Waals surface area contributed by atoms with Gasteiger partial charge in [0.15, 0.2) is 0 Å². The maximum atomic E-state index is 5.40. The van der Waals surface area contributed by atoms with E-state index in [1.165, 1.54) is 5.56 Å². The quantitative estimate of drug-likeness (QED) is 0.872. The number of benzene rings is 1. The number of anilines is 2. The molecule has 0 fully saturated rings. The molecule has 0 amide bonds. The Bertz CT molecular complexity index is 653. The number of aromatic nitrogens is 1. The van der Waals surface area contributed by atoms with Gasteiger partial charge in [-0.3, -0.25) is 0 Å². The number of methoxy groups -OCH3 is 1. The van der Waals surface area contributed by atoms with Crippen LogP contribution >= 0.6 is 15.9 Å². The topological polar surface area (TPSA) is 34.1 Å². The van der Waals surface area contributed by atoms with Crippen LogP contribution in [0.4, 0.5) is 11.5 Å². The van der Waals surface area contributed by atoms with Crippen LogP contribution in [0, 0.1) is 27.7 Å². The van der Waals surface area contributed by atoms with Crippen LogP contribution in [0.1, 0.15) is 22.3 Å². The summed E-state index contributed by atoms with van der Waals surface area (Å²) in [5.41, 5.74) is 5.73. The number of pyridine rings is 1. The van der Waals surface area contributed by atoms with Crippen molar-refractivity contribution >= 4 is 27.4 Å². The van der Waals surface area contributed by atoms with E-state index in [1.807, 2.05) is 12.3 Å². The van der Waals surface area contributed by atoms with Crippen molar-refractivity contribution in [3.05, 3.63) is 45.1 Å². The van der Waals surface area contributed by atoms with E-state index in [0.29, 0.717) is 0 Å². The first-order valence-corrected chi connectivity index (χ1v) is 7.27. The highest BCUT2D eigenvalue weighted by molar-refractivity contribution is 9.10. The summed E-state index contributed by atoms with van der Waals surface area (Å²) in [5, 5.41) is 3.41. The normalized spacial score (nSPS) is 10.5. The molecular weight excluding hydrogens is 316 g/mol. The molecule has 106 valence electrons. The van der Waals surface area contributed by atoms with Crippen LogP contribution in [0.25, 0.3) is 0 Å². The van der Waals surface area contributed by atoms with Crippen molar-refractivity contribution in [2.24, 2.45) is 0 Å². The van der Waals surface area contributed by atoms with E-state index in [4.69, 9.17) is 4.74 Å². The second-order valence-corrected chi connectivity index (χ2v) is 5.82. The van der Waals surface area contributed by atoms with Crippen LogP contribution in [-0.2, 0) is 0 Å². The molecule has 0 aliphatic rings. The van der Waals surface area contributed by atoms with Crippen molar-refractivity contribution in [2.75, 3.05) is 12.4 Å². The third-order valence-corrected chi connectivity index (χ3v) is 4.40. The van der Waals surface area contributed by atoms with Crippen molar-refractivity contribution in [3.8, 4) is 5.75 Å². The molecule has 0 atom stereocenters. The summed E-state index contributed by atoms with van der Waals surface area (Å²) in [4.78, 5) is 4.40. The van der Waals surface area contributed by atoms with E-state index < -0.39 is 0 Å². The highest BCUT2D eigenvalue weighted by atomic mass is 79.9. The van der Waals surface area contributed by atoms with E-state index in [2.05, 4.69) is 60.0 Å². The molecule has 4 heteroatoms. The van der Waals surface area contributed by atoms with Crippen molar-refractivity contribution in [1.29, 1.82) is 0 Å². The summed E-state index contributed by atoms with van der Waals surface area (Å²) >= 11 is 3.47. The Hall–Kier alpha value is -1.55. The molecule has 1 N–H and O–H groups in total. The minimum atomic E-state index is 0.849. The first kappa shape index (κ1) is 14.9. The van der Waals surface area contributed by atoms with Crippen molar-refractivity contribution in [2.45, 2.75) is 27.7 Å². The molecule has 0 bridgehead atoms. The summed E-state index contributed by atoms with van der Waals surface area (Å²) in [5.74, 6) is 1.77. The molecule has 0 unspecified atom stereocenters. The molecule has 0 spiro atoms. The van der Waals surface area contributed by atoms with E-state index >= 15 is 0 Å². The summed E-state index contributed by atoms with van der Waals surface area (Å²) < 4.78 is 6.41. The standard InChI is InChI=1S/C16H19BrN2O/c1-9-7-15(18-8-13(9)17)19-16-10(2)6-14(20-5)11(3)12(16)4/h6-8H,1-5H3,(H,18,19). The minimum absolute atomic E-state index is 0.849. The molecular formula is C16H19BrN2O. The summed E-state index contributed by atoms with van der Waals surface area (Å²) in [7, 11) is 1.70. The van der Waals surface area contributed by atoms with Gasteiger partial charge in [0.2, 0.25) is 0 Å². The van der Waals surface area contributed by atoms with Crippen LogP contribution in [0.2, 0.25) is 0 Å². The summed E-state index contributed by atoms with van der Waals surface area (Å²) in [6, 6.07) is 4.08. The maximum absolute atomic E-state index is 5.40. The Kier molecular flexibility index (Phi) is 4.33. The maximum Gasteiger partial charge on any atom is 0.130 e. The summed E-state index contributed by atoms with van der Waals surface area (Å²) in [6.45, 7) is 8.29. The predicted molar refractivity (Wildman–Crippen MR) is 87.2 cm³/mol. The molecule has 1 aromatic heterocycles. The molecule has 2 aromatic rings. The molecule has 2 rings (SSSR count). The number of halogens is 1. The average Bonchev–Trinajstić information content (AvgIpc) is 2.42. The van der Waals surface area contributed by atoms with Gasteiger partial charge in [0.25, 0.3) is 0 Å². The van der Waals surface area contributed by atoms with Crippen molar-refractivity contribution in [1.82, 2.24) is 4.98 Å². The first-order valence-electron chi connectivity index (χ1n) is 6.48. The second-order valence-electron chi connectivity index (χ2n) is 4.96. The fourth-order valence-corrected chi connectivity index (χ4v) is 2.40. The third-order valence-electron chi connectivity index (χ3n) is 3.57. The molecule has 20 heavy (non-hydrogen) atoms. The molecule has 0 radical (unpaired) electrons. The number of ether oxygens (including phenoxy) is 1. The van der Waals surface area contributed by atoms with E-state index in [-0.39, 0.29) is 0 Å². The number of nitrogens with zero attached hydrogens (tertiary/aromatic N) is 1. The Labute approximate surface area is 128 Å². The summed E-state index contributed by atoms with van der Waals surface area (Å²) in [6.07, 6.45) is 1.82. The van der Waals surface area contributed by atoms with Crippen LogP contribution in [0.3, 0.4) is 0 Å². The largest absolute Gasteiger partial charge is 0.496 e. The van der Waals surface area contributed by atoms with E-state index in [1.54, 1.807) is 7.11 Å². The molecule has 0 aliphatic heterocycles. The molecule has 0 saturated heterocycles. The fraction of sp³-hybridized carbons (Fsp3) is 0.312. The molecule has 1 aromatic carbocycles. The third kappa shape index (κ3) is 2.80. The van der Waals surface area contributed by atoms with E-state index in [0.717, 1.165) is 38.4 Å². The number of hydrogen-bond donors (Lipinski definition) is 1. The number of hydrogen-bond acceptors (Lipinski definition) is 3. The van der Waals surface area contributed by atoms with Crippen LogP contribution in [0.5, 0.6) is 5.75 Å². The highest BCUT2D eigenvalue weighted by Gasteiger charge is 2.11. The van der Waals surface area contributed by atoms with Gasteiger partial charge in [0.05, 0.1) is 7.11 Å². The van der Waals surface area contributed by atoms with Gasteiger partial charge in [0, 0.05) is 16.4 Å². The van der Waals surface area contributed by atoms with Gasteiger partial charge in [-0.15, -0.1) is 0 Å². The Balaban J connectivity index is 2.43. The predicted octanol–water partition coefficient (Wildman–Crippen LogP) is 4.83. The Morgan fingerprint density at radius 1 is 1.05 bits per heavy atom. The smallest absolute Gasteiger partial charge is 0.130 e. The van der Waals surface area contributed by atoms with E-state index in [9.17, 15) is 0 Å². The lowest BCUT2D eigenvalue weighted by molar-refractivity contribution is 0.411. The second kappa shape index (κ2) is 5.83. The Morgan fingerprint density at radius 3 is 2.35 bits per heavy atom.